The van der Waals surface area contributed by atoms with Crippen molar-refractivity contribution in [2.75, 3.05) is 5.32 Å². The average Bonchev–Trinajstić information content (AvgIpc) is 2.40. The number of hydrogen-bond acceptors (Lipinski definition) is 3. The Hall–Kier alpha value is -1.88. The molecule has 0 spiro atoms. The molecule has 0 fully saturated rings. The molecule has 1 unspecified atom stereocenters. The molecule has 21 heavy (non-hydrogen) atoms. The van der Waals surface area contributed by atoms with Crippen molar-refractivity contribution in [3.63, 3.8) is 0 Å². The summed E-state index contributed by atoms with van der Waals surface area (Å²) in [4.78, 5) is 10.6. The minimum absolute atomic E-state index is 0.0628. The summed E-state index contributed by atoms with van der Waals surface area (Å²) >= 11 is 3.19. The van der Waals surface area contributed by atoms with Gasteiger partial charge in [0.2, 0.25) is 0 Å². The summed E-state index contributed by atoms with van der Waals surface area (Å²) in [6, 6.07) is 11.4. The fourth-order valence-corrected chi connectivity index (χ4v) is 2.77. The molecule has 0 saturated heterocycles. The van der Waals surface area contributed by atoms with Gasteiger partial charge in [-0.1, -0.05) is 23.8 Å². The van der Waals surface area contributed by atoms with E-state index in [1.54, 1.807) is 12.1 Å². The minimum atomic E-state index is -0.392. The predicted molar refractivity (Wildman–Crippen MR) is 88.8 cm³/mol. The lowest BCUT2D eigenvalue weighted by molar-refractivity contribution is -0.385. The van der Waals surface area contributed by atoms with Gasteiger partial charge in [0.05, 0.1) is 9.40 Å². The summed E-state index contributed by atoms with van der Waals surface area (Å²) < 4.78 is 0.484. The fraction of sp³-hybridized carbons (Fsp3) is 0.250. The molecule has 0 aliphatic carbocycles. The second kappa shape index (κ2) is 6.26. The van der Waals surface area contributed by atoms with E-state index in [9.17, 15) is 10.1 Å². The Labute approximate surface area is 132 Å². The van der Waals surface area contributed by atoms with Crippen LogP contribution in [-0.2, 0) is 0 Å². The van der Waals surface area contributed by atoms with E-state index in [2.05, 4.69) is 53.3 Å². The molecular weight excluding hydrogens is 332 g/mol. The molecule has 0 heterocycles. The summed E-state index contributed by atoms with van der Waals surface area (Å²) in [6.45, 7) is 6.18. The van der Waals surface area contributed by atoms with Gasteiger partial charge in [-0.3, -0.25) is 10.1 Å². The molecule has 5 heteroatoms. The monoisotopic (exact) mass is 348 g/mol. The zero-order chi connectivity index (χ0) is 15.6. The van der Waals surface area contributed by atoms with E-state index in [4.69, 9.17) is 0 Å². The van der Waals surface area contributed by atoms with Crippen LogP contribution in [0.15, 0.2) is 40.9 Å². The zero-order valence-electron chi connectivity index (χ0n) is 12.2. The topological polar surface area (TPSA) is 55.2 Å². The largest absolute Gasteiger partial charge is 0.378 e. The van der Waals surface area contributed by atoms with E-state index < -0.39 is 4.92 Å². The maximum absolute atomic E-state index is 11.0. The van der Waals surface area contributed by atoms with Crippen LogP contribution in [-0.4, -0.2) is 4.92 Å². The van der Waals surface area contributed by atoms with Crippen LogP contribution >= 0.6 is 15.9 Å². The summed E-state index contributed by atoms with van der Waals surface area (Å²) in [5.74, 6) is 0. The Bertz CT molecular complexity index is 686. The second-order valence-corrected chi connectivity index (χ2v) is 6.00. The van der Waals surface area contributed by atoms with Crippen LogP contribution in [0.1, 0.15) is 29.7 Å². The van der Waals surface area contributed by atoms with Gasteiger partial charge in [0.1, 0.15) is 0 Å². The highest BCUT2D eigenvalue weighted by atomic mass is 79.9. The maximum Gasteiger partial charge on any atom is 0.285 e. The molecule has 1 atom stereocenters. The first-order valence-corrected chi connectivity index (χ1v) is 7.45. The van der Waals surface area contributed by atoms with Gasteiger partial charge in [0, 0.05) is 17.8 Å². The van der Waals surface area contributed by atoms with Crippen LogP contribution in [0, 0.1) is 24.0 Å². The van der Waals surface area contributed by atoms with E-state index in [-0.39, 0.29) is 11.7 Å². The van der Waals surface area contributed by atoms with E-state index in [1.807, 2.05) is 13.0 Å². The zero-order valence-corrected chi connectivity index (χ0v) is 13.8. The van der Waals surface area contributed by atoms with E-state index in [0.717, 1.165) is 5.69 Å². The first-order valence-electron chi connectivity index (χ1n) is 6.66. The van der Waals surface area contributed by atoms with Gasteiger partial charge >= 0.3 is 0 Å². The van der Waals surface area contributed by atoms with Crippen molar-refractivity contribution >= 4 is 27.3 Å². The molecule has 0 radical (unpaired) electrons. The number of nitro groups is 1. The Morgan fingerprint density at radius 2 is 1.90 bits per heavy atom. The molecule has 2 aromatic rings. The van der Waals surface area contributed by atoms with Gasteiger partial charge in [-0.25, -0.2) is 0 Å². The van der Waals surface area contributed by atoms with E-state index >= 15 is 0 Å². The molecular formula is C16H17BrN2O2. The van der Waals surface area contributed by atoms with E-state index in [1.165, 1.54) is 16.7 Å². The number of nitrogens with zero attached hydrogens (tertiary/aromatic N) is 1. The Kier molecular flexibility index (Phi) is 4.63. The molecule has 2 aromatic carbocycles. The van der Waals surface area contributed by atoms with Crippen molar-refractivity contribution in [3.8, 4) is 0 Å². The fourth-order valence-electron chi connectivity index (χ4n) is 2.38. The highest BCUT2D eigenvalue weighted by Crippen LogP contribution is 2.30. The van der Waals surface area contributed by atoms with Gasteiger partial charge in [-0.05, 0) is 60.0 Å². The number of benzene rings is 2. The van der Waals surface area contributed by atoms with Crippen molar-refractivity contribution in [3.05, 3.63) is 67.7 Å². The lowest BCUT2D eigenvalue weighted by atomic mass is 10.00. The quantitative estimate of drug-likeness (QED) is 0.614. The normalized spacial score (nSPS) is 12.0. The van der Waals surface area contributed by atoms with Gasteiger partial charge in [0.25, 0.3) is 5.69 Å². The van der Waals surface area contributed by atoms with Crippen molar-refractivity contribution < 1.29 is 4.92 Å². The van der Waals surface area contributed by atoms with Crippen LogP contribution in [0.4, 0.5) is 11.4 Å². The van der Waals surface area contributed by atoms with Crippen molar-refractivity contribution in [2.45, 2.75) is 26.8 Å². The van der Waals surface area contributed by atoms with Crippen molar-refractivity contribution in [1.29, 1.82) is 0 Å². The Balaban J connectivity index is 2.25. The number of halogens is 1. The third-order valence-electron chi connectivity index (χ3n) is 3.42. The molecule has 4 nitrogen and oxygen atoms in total. The summed E-state index contributed by atoms with van der Waals surface area (Å²) in [5.41, 5.74) is 4.42. The highest BCUT2D eigenvalue weighted by molar-refractivity contribution is 9.10. The van der Waals surface area contributed by atoms with Crippen LogP contribution in [0.2, 0.25) is 0 Å². The molecule has 0 amide bonds. The standard InChI is InChI=1S/C16H17BrN2O2/c1-10-4-6-14(11(2)8-10)12(3)18-13-5-7-15(17)16(9-13)19(20)21/h4-9,12,18H,1-3H3. The third kappa shape index (κ3) is 3.61. The molecule has 110 valence electrons. The number of anilines is 1. The number of nitro benzene ring substituents is 1. The Morgan fingerprint density at radius 1 is 1.19 bits per heavy atom. The first-order chi connectivity index (χ1) is 9.88. The molecule has 0 aliphatic rings. The predicted octanol–water partition coefficient (Wildman–Crippen LogP) is 5.15. The van der Waals surface area contributed by atoms with Gasteiger partial charge in [0.15, 0.2) is 0 Å². The first kappa shape index (κ1) is 15.5. The van der Waals surface area contributed by atoms with Gasteiger partial charge in [-0.2, -0.15) is 0 Å². The molecule has 0 bridgehead atoms. The summed E-state index contributed by atoms with van der Waals surface area (Å²) in [6.07, 6.45) is 0. The average molecular weight is 349 g/mol. The number of aryl methyl sites for hydroxylation is 2. The second-order valence-electron chi connectivity index (χ2n) is 5.15. The van der Waals surface area contributed by atoms with Crippen LogP contribution in [0.25, 0.3) is 0 Å². The van der Waals surface area contributed by atoms with Crippen molar-refractivity contribution in [1.82, 2.24) is 0 Å². The number of hydrogen-bond donors (Lipinski definition) is 1. The van der Waals surface area contributed by atoms with Crippen molar-refractivity contribution in [2.24, 2.45) is 0 Å². The lowest BCUT2D eigenvalue weighted by Gasteiger charge is -2.18. The third-order valence-corrected chi connectivity index (χ3v) is 4.09. The van der Waals surface area contributed by atoms with Crippen LogP contribution in [0.3, 0.4) is 0 Å². The van der Waals surface area contributed by atoms with Gasteiger partial charge < -0.3 is 5.32 Å². The summed E-state index contributed by atoms with van der Waals surface area (Å²) in [7, 11) is 0. The molecule has 0 aromatic heterocycles. The minimum Gasteiger partial charge on any atom is -0.378 e. The van der Waals surface area contributed by atoms with Crippen LogP contribution in [0.5, 0.6) is 0 Å². The maximum atomic E-state index is 11.0. The Morgan fingerprint density at radius 3 is 2.52 bits per heavy atom. The SMILES string of the molecule is Cc1ccc(C(C)Nc2ccc(Br)c([N+](=O)[O-])c2)c(C)c1. The lowest BCUT2D eigenvalue weighted by Crippen LogP contribution is -2.08. The molecule has 0 aliphatic heterocycles. The number of rotatable bonds is 4. The number of nitrogens with one attached hydrogen (secondary N) is 1. The van der Waals surface area contributed by atoms with E-state index in [0.29, 0.717) is 4.47 Å². The smallest absolute Gasteiger partial charge is 0.285 e. The molecule has 2 rings (SSSR count). The highest BCUT2D eigenvalue weighted by Gasteiger charge is 2.14. The summed E-state index contributed by atoms with van der Waals surface area (Å²) in [5, 5.41) is 14.3. The molecule has 0 saturated carbocycles. The van der Waals surface area contributed by atoms with Gasteiger partial charge in [-0.15, -0.1) is 0 Å². The molecule has 1 N–H and O–H groups in total. The van der Waals surface area contributed by atoms with Crippen LogP contribution < -0.4 is 5.32 Å².